The van der Waals surface area contributed by atoms with Crippen LogP contribution < -0.4 is 5.32 Å². The van der Waals surface area contributed by atoms with Gasteiger partial charge < -0.3 is 5.32 Å². The van der Waals surface area contributed by atoms with Crippen molar-refractivity contribution in [2.24, 2.45) is 0 Å². The number of nitrogens with zero attached hydrogens (tertiary/aromatic N) is 6. The van der Waals surface area contributed by atoms with Crippen molar-refractivity contribution >= 4 is 5.91 Å². The van der Waals surface area contributed by atoms with Gasteiger partial charge in [-0.25, -0.2) is 9.36 Å². The molecule has 134 valence electrons. The number of tetrazole rings is 1. The van der Waals surface area contributed by atoms with Crippen molar-refractivity contribution in [3.05, 3.63) is 84.4 Å². The molecule has 2 aromatic carbocycles. The zero-order valence-corrected chi connectivity index (χ0v) is 14.4. The predicted octanol–water partition coefficient (Wildman–Crippen LogP) is 1.82. The summed E-state index contributed by atoms with van der Waals surface area (Å²) in [7, 11) is 0. The summed E-state index contributed by atoms with van der Waals surface area (Å²) < 4.78 is 3.33. The maximum atomic E-state index is 12.4. The highest BCUT2D eigenvalue weighted by Gasteiger charge is 2.08. The summed E-state index contributed by atoms with van der Waals surface area (Å²) in [5, 5.41) is 18.5. The number of nitrogens with one attached hydrogen (secondary N) is 1. The molecule has 0 atom stereocenters. The van der Waals surface area contributed by atoms with Gasteiger partial charge in [0.2, 0.25) is 0 Å². The molecule has 2 aromatic heterocycles. The highest BCUT2D eigenvalue weighted by Crippen LogP contribution is 2.09. The van der Waals surface area contributed by atoms with Gasteiger partial charge >= 0.3 is 0 Å². The number of aromatic nitrogens is 6. The lowest BCUT2D eigenvalue weighted by Gasteiger charge is -2.06. The Balaban J connectivity index is 1.35. The van der Waals surface area contributed by atoms with E-state index in [1.165, 1.54) is 11.0 Å². The SMILES string of the molecule is O=C(NCCc1ccn(-c2ccccc2)n1)c1cccc(-n2cnnn2)c1. The zero-order chi connectivity index (χ0) is 18.5. The summed E-state index contributed by atoms with van der Waals surface area (Å²) in [4.78, 5) is 12.4. The first-order chi connectivity index (χ1) is 13.3. The third-order valence-corrected chi connectivity index (χ3v) is 4.05. The Labute approximate surface area is 155 Å². The first-order valence-electron chi connectivity index (χ1n) is 8.51. The molecule has 0 aliphatic carbocycles. The minimum absolute atomic E-state index is 0.146. The van der Waals surface area contributed by atoms with Gasteiger partial charge in [0.15, 0.2) is 0 Å². The topological polar surface area (TPSA) is 90.5 Å². The van der Waals surface area contributed by atoms with Crippen molar-refractivity contribution in [3.63, 3.8) is 0 Å². The van der Waals surface area contributed by atoms with E-state index in [0.717, 1.165) is 17.1 Å². The first kappa shape index (κ1) is 16.6. The van der Waals surface area contributed by atoms with Crippen LogP contribution in [0.2, 0.25) is 0 Å². The van der Waals surface area contributed by atoms with E-state index < -0.39 is 0 Å². The summed E-state index contributed by atoms with van der Waals surface area (Å²) in [6.07, 6.45) is 4.06. The van der Waals surface area contributed by atoms with Gasteiger partial charge in [0.25, 0.3) is 5.91 Å². The van der Waals surface area contributed by atoms with Crippen molar-refractivity contribution in [3.8, 4) is 11.4 Å². The number of carbonyl (C=O) groups excluding carboxylic acids is 1. The molecule has 0 saturated carbocycles. The maximum Gasteiger partial charge on any atom is 0.251 e. The first-order valence-corrected chi connectivity index (χ1v) is 8.51. The second kappa shape index (κ2) is 7.61. The molecule has 4 aromatic rings. The average molecular weight is 359 g/mol. The molecule has 0 aliphatic heterocycles. The Morgan fingerprint density at radius 1 is 0.963 bits per heavy atom. The summed E-state index contributed by atoms with van der Waals surface area (Å²) in [5.41, 5.74) is 3.21. The summed E-state index contributed by atoms with van der Waals surface area (Å²) in [6.45, 7) is 0.500. The van der Waals surface area contributed by atoms with E-state index in [9.17, 15) is 4.79 Å². The predicted molar refractivity (Wildman–Crippen MR) is 98.8 cm³/mol. The lowest BCUT2D eigenvalue weighted by Crippen LogP contribution is -2.26. The zero-order valence-electron chi connectivity index (χ0n) is 14.4. The second-order valence-corrected chi connectivity index (χ2v) is 5.90. The van der Waals surface area contributed by atoms with Gasteiger partial charge in [-0.05, 0) is 46.8 Å². The van der Waals surface area contributed by atoms with Gasteiger partial charge in [0.1, 0.15) is 6.33 Å². The van der Waals surface area contributed by atoms with Crippen LogP contribution in [0.3, 0.4) is 0 Å². The molecule has 0 radical (unpaired) electrons. The molecule has 0 fully saturated rings. The number of para-hydroxylation sites is 1. The Morgan fingerprint density at radius 2 is 1.81 bits per heavy atom. The van der Waals surface area contributed by atoms with Gasteiger partial charge in [-0.3, -0.25) is 4.79 Å². The van der Waals surface area contributed by atoms with E-state index >= 15 is 0 Å². The Hall–Kier alpha value is -3.81. The molecule has 8 heteroatoms. The van der Waals surface area contributed by atoms with Crippen molar-refractivity contribution in [1.29, 1.82) is 0 Å². The van der Waals surface area contributed by atoms with E-state index in [1.54, 1.807) is 18.2 Å². The molecule has 1 amide bonds. The van der Waals surface area contributed by atoms with Crippen LogP contribution in [0.5, 0.6) is 0 Å². The van der Waals surface area contributed by atoms with Crippen molar-refractivity contribution < 1.29 is 4.79 Å². The molecule has 4 rings (SSSR count). The van der Waals surface area contributed by atoms with Gasteiger partial charge in [0.05, 0.1) is 17.1 Å². The van der Waals surface area contributed by atoms with Gasteiger partial charge in [-0.1, -0.05) is 24.3 Å². The highest BCUT2D eigenvalue weighted by molar-refractivity contribution is 5.94. The molecule has 0 bridgehead atoms. The lowest BCUT2D eigenvalue weighted by molar-refractivity contribution is 0.0954. The molecule has 0 spiro atoms. The number of amides is 1. The van der Waals surface area contributed by atoms with Crippen molar-refractivity contribution in [2.45, 2.75) is 6.42 Å². The number of benzene rings is 2. The minimum Gasteiger partial charge on any atom is -0.352 e. The highest BCUT2D eigenvalue weighted by atomic mass is 16.1. The minimum atomic E-state index is -0.146. The van der Waals surface area contributed by atoms with Crippen LogP contribution in [0.1, 0.15) is 16.1 Å². The van der Waals surface area contributed by atoms with Crippen LogP contribution in [0, 0.1) is 0 Å². The normalized spacial score (nSPS) is 10.7. The smallest absolute Gasteiger partial charge is 0.251 e. The number of hydrogen-bond donors (Lipinski definition) is 1. The van der Waals surface area contributed by atoms with Gasteiger partial charge in [-0.2, -0.15) is 5.10 Å². The fourth-order valence-electron chi connectivity index (χ4n) is 2.69. The standard InChI is InChI=1S/C19H17N7O/c27-19(15-5-4-8-18(13-15)26-14-21-23-24-26)20-11-9-16-10-12-25(22-16)17-6-2-1-3-7-17/h1-8,10,12-14H,9,11H2,(H,20,27). The second-order valence-electron chi connectivity index (χ2n) is 5.90. The van der Waals surface area contributed by atoms with E-state index in [4.69, 9.17) is 0 Å². The Kier molecular flexibility index (Phi) is 4.69. The van der Waals surface area contributed by atoms with E-state index in [-0.39, 0.29) is 5.91 Å². The van der Waals surface area contributed by atoms with Crippen LogP contribution in [0.25, 0.3) is 11.4 Å². The summed E-state index contributed by atoms with van der Waals surface area (Å²) in [6, 6.07) is 19.0. The lowest BCUT2D eigenvalue weighted by atomic mass is 10.2. The van der Waals surface area contributed by atoms with Gasteiger partial charge in [-0.15, -0.1) is 5.10 Å². The fourth-order valence-corrected chi connectivity index (χ4v) is 2.69. The van der Waals surface area contributed by atoms with Crippen molar-refractivity contribution in [1.82, 2.24) is 35.3 Å². The maximum absolute atomic E-state index is 12.4. The molecule has 0 saturated heterocycles. The van der Waals surface area contributed by atoms with E-state index in [1.807, 2.05) is 53.3 Å². The fraction of sp³-hybridized carbons (Fsp3) is 0.105. The number of hydrogen-bond acceptors (Lipinski definition) is 5. The van der Waals surface area contributed by atoms with Crippen molar-refractivity contribution in [2.75, 3.05) is 6.54 Å². The van der Waals surface area contributed by atoms with Crippen LogP contribution in [-0.4, -0.2) is 42.4 Å². The van der Waals surface area contributed by atoms with Crippen LogP contribution >= 0.6 is 0 Å². The Bertz CT molecular complexity index is 1030. The number of rotatable bonds is 6. The van der Waals surface area contributed by atoms with Crippen LogP contribution in [0.15, 0.2) is 73.2 Å². The molecule has 0 aliphatic rings. The third-order valence-electron chi connectivity index (χ3n) is 4.05. The Morgan fingerprint density at radius 3 is 2.63 bits per heavy atom. The molecular formula is C19H17N7O. The van der Waals surface area contributed by atoms with E-state index in [2.05, 4.69) is 25.9 Å². The third kappa shape index (κ3) is 3.90. The molecule has 0 unspecified atom stereocenters. The van der Waals surface area contributed by atoms with Crippen LogP contribution in [0.4, 0.5) is 0 Å². The molecule has 2 heterocycles. The van der Waals surface area contributed by atoms with Gasteiger partial charge in [0, 0.05) is 24.7 Å². The summed E-state index contributed by atoms with van der Waals surface area (Å²) in [5.74, 6) is -0.146. The van der Waals surface area contributed by atoms with Crippen LogP contribution in [-0.2, 0) is 6.42 Å². The molecule has 1 N–H and O–H groups in total. The average Bonchev–Trinajstić information content (AvgIpc) is 3.41. The quantitative estimate of drug-likeness (QED) is 0.567. The monoisotopic (exact) mass is 359 g/mol. The molecule has 8 nitrogen and oxygen atoms in total. The molecule has 27 heavy (non-hydrogen) atoms. The van der Waals surface area contributed by atoms with E-state index in [0.29, 0.717) is 18.5 Å². The largest absolute Gasteiger partial charge is 0.352 e. The summed E-state index contributed by atoms with van der Waals surface area (Å²) >= 11 is 0. The number of carbonyl (C=O) groups is 1. The molecular weight excluding hydrogens is 342 g/mol.